The topological polar surface area (TPSA) is 15.3 Å². The Morgan fingerprint density at radius 3 is 2.93 bits per heavy atom. The largest absolute Gasteiger partial charge is 0.312 e. The quantitative estimate of drug-likeness (QED) is 0.804. The van der Waals surface area contributed by atoms with E-state index in [2.05, 4.69) is 17.1 Å². The maximum absolute atomic E-state index is 3.69. The zero-order chi connectivity index (χ0) is 9.80. The second-order valence-electron chi connectivity index (χ2n) is 4.80. The molecule has 2 aliphatic rings. The number of halogens is 1. The number of fused-ring (bicyclic) bond motifs is 1. The first-order valence-electron chi connectivity index (χ1n) is 6.39. The summed E-state index contributed by atoms with van der Waals surface area (Å²) in [5.41, 5.74) is 0. The standard InChI is InChI=1S/C12H24N2.ClH/c1-2-3-9-14-10-5-6-11-12(14)7-4-8-13-11;/h11-13H,2-10H2,1H3;1H. The summed E-state index contributed by atoms with van der Waals surface area (Å²) in [6, 6.07) is 1.68. The smallest absolute Gasteiger partial charge is 0.0249 e. The molecule has 90 valence electrons. The molecule has 3 heteroatoms. The van der Waals surface area contributed by atoms with Gasteiger partial charge in [-0.05, 0) is 51.7 Å². The Morgan fingerprint density at radius 2 is 2.13 bits per heavy atom. The van der Waals surface area contributed by atoms with E-state index in [0.717, 1.165) is 12.1 Å². The fraction of sp³-hybridized carbons (Fsp3) is 1.00. The lowest BCUT2D eigenvalue weighted by Gasteiger charge is -2.44. The zero-order valence-corrected chi connectivity index (χ0v) is 10.7. The van der Waals surface area contributed by atoms with Crippen molar-refractivity contribution in [3.05, 3.63) is 0 Å². The van der Waals surface area contributed by atoms with Gasteiger partial charge in [0.05, 0.1) is 0 Å². The number of unbranched alkanes of at least 4 members (excludes halogenated alkanes) is 1. The first kappa shape index (κ1) is 13.3. The number of likely N-dealkylation sites (tertiary alicyclic amines) is 1. The molecule has 2 saturated heterocycles. The van der Waals surface area contributed by atoms with Crippen molar-refractivity contribution in [3.63, 3.8) is 0 Å². The summed E-state index contributed by atoms with van der Waals surface area (Å²) >= 11 is 0. The Kier molecular flexibility index (Phi) is 5.95. The van der Waals surface area contributed by atoms with Crippen LogP contribution >= 0.6 is 12.4 Å². The summed E-state index contributed by atoms with van der Waals surface area (Å²) in [4.78, 5) is 2.74. The summed E-state index contributed by atoms with van der Waals surface area (Å²) in [7, 11) is 0. The van der Waals surface area contributed by atoms with Crippen molar-refractivity contribution in [1.29, 1.82) is 0 Å². The molecule has 0 saturated carbocycles. The average Bonchev–Trinajstić information content (AvgIpc) is 2.26. The number of hydrogen-bond acceptors (Lipinski definition) is 2. The summed E-state index contributed by atoms with van der Waals surface area (Å²) in [5, 5.41) is 3.69. The second kappa shape index (κ2) is 6.72. The van der Waals surface area contributed by atoms with E-state index in [0.29, 0.717) is 0 Å². The van der Waals surface area contributed by atoms with Crippen molar-refractivity contribution in [1.82, 2.24) is 10.2 Å². The lowest BCUT2D eigenvalue weighted by atomic mass is 9.89. The Labute approximate surface area is 100 Å². The molecular weight excluding hydrogens is 208 g/mol. The molecule has 1 N–H and O–H groups in total. The third-order valence-electron chi connectivity index (χ3n) is 3.78. The van der Waals surface area contributed by atoms with Crippen LogP contribution in [0.15, 0.2) is 0 Å². The highest BCUT2D eigenvalue weighted by Crippen LogP contribution is 2.24. The van der Waals surface area contributed by atoms with Crippen LogP contribution in [0.1, 0.15) is 45.4 Å². The second-order valence-corrected chi connectivity index (χ2v) is 4.80. The molecule has 0 aliphatic carbocycles. The van der Waals surface area contributed by atoms with Gasteiger partial charge in [-0.2, -0.15) is 0 Å². The Balaban J connectivity index is 0.00000112. The maximum Gasteiger partial charge on any atom is 0.0249 e. The summed E-state index contributed by atoms with van der Waals surface area (Å²) in [5.74, 6) is 0. The van der Waals surface area contributed by atoms with Crippen molar-refractivity contribution < 1.29 is 0 Å². The first-order valence-corrected chi connectivity index (χ1v) is 6.39. The zero-order valence-electron chi connectivity index (χ0n) is 9.87. The van der Waals surface area contributed by atoms with Gasteiger partial charge in [0, 0.05) is 12.1 Å². The molecule has 2 nitrogen and oxygen atoms in total. The number of piperidine rings is 2. The lowest BCUT2D eigenvalue weighted by molar-refractivity contribution is 0.0856. The highest BCUT2D eigenvalue weighted by molar-refractivity contribution is 5.85. The van der Waals surface area contributed by atoms with E-state index in [9.17, 15) is 0 Å². The van der Waals surface area contributed by atoms with E-state index in [1.807, 2.05) is 0 Å². The Hall–Kier alpha value is 0.210. The normalized spacial score (nSPS) is 31.8. The lowest BCUT2D eigenvalue weighted by Crippen LogP contribution is -2.56. The molecule has 15 heavy (non-hydrogen) atoms. The van der Waals surface area contributed by atoms with Crippen molar-refractivity contribution in [2.24, 2.45) is 0 Å². The molecule has 0 bridgehead atoms. The van der Waals surface area contributed by atoms with Crippen LogP contribution < -0.4 is 5.32 Å². The Bertz CT molecular complexity index is 173. The SMILES string of the molecule is CCCCN1CCCC2NCCCC21.Cl. The van der Waals surface area contributed by atoms with Crippen LogP contribution in [0, 0.1) is 0 Å². The minimum absolute atomic E-state index is 0. The van der Waals surface area contributed by atoms with Gasteiger partial charge >= 0.3 is 0 Å². The summed E-state index contributed by atoms with van der Waals surface area (Å²) < 4.78 is 0. The number of nitrogens with zero attached hydrogens (tertiary/aromatic N) is 1. The van der Waals surface area contributed by atoms with Gasteiger partial charge in [0.2, 0.25) is 0 Å². The highest BCUT2D eigenvalue weighted by Gasteiger charge is 2.32. The van der Waals surface area contributed by atoms with Gasteiger partial charge in [-0.15, -0.1) is 12.4 Å². The predicted octanol–water partition coefficient (Wildman–Crippen LogP) is 2.42. The van der Waals surface area contributed by atoms with Crippen molar-refractivity contribution >= 4 is 12.4 Å². The van der Waals surface area contributed by atoms with Crippen LogP contribution in [0.4, 0.5) is 0 Å². The predicted molar refractivity (Wildman–Crippen MR) is 67.8 cm³/mol. The molecule has 0 aromatic heterocycles. The number of hydrogen-bond donors (Lipinski definition) is 1. The third kappa shape index (κ3) is 3.33. The molecule has 2 fully saturated rings. The molecular formula is C12H25ClN2. The fourth-order valence-electron chi connectivity index (χ4n) is 2.99. The summed E-state index contributed by atoms with van der Waals surface area (Å²) in [6.45, 7) is 6.23. The number of rotatable bonds is 3. The van der Waals surface area contributed by atoms with Crippen LogP contribution in [0.25, 0.3) is 0 Å². The van der Waals surface area contributed by atoms with Crippen LogP contribution in [0.5, 0.6) is 0 Å². The van der Waals surface area contributed by atoms with E-state index in [-0.39, 0.29) is 12.4 Å². The Morgan fingerprint density at radius 1 is 1.27 bits per heavy atom. The van der Waals surface area contributed by atoms with E-state index in [4.69, 9.17) is 0 Å². The van der Waals surface area contributed by atoms with E-state index < -0.39 is 0 Å². The molecule has 0 spiro atoms. The molecule has 2 unspecified atom stereocenters. The van der Waals surface area contributed by atoms with Crippen molar-refractivity contribution in [3.8, 4) is 0 Å². The van der Waals surface area contributed by atoms with Gasteiger partial charge in [0.25, 0.3) is 0 Å². The van der Waals surface area contributed by atoms with Crippen LogP contribution in [-0.4, -0.2) is 36.6 Å². The fourth-order valence-corrected chi connectivity index (χ4v) is 2.99. The van der Waals surface area contributed by atoms with Gasteiger partial charge in [-0.25, -0.2) is 0 Å². The average molecular weight is 233 g/mol. The number of nitrogens with one attached hydrogen (secondary N) is 1. The van der Waals surface area contributed by atoms with Crippen molar-refractivity contribution in [2.75, 3.05) is 19.6 Å². The first-order chi connectivity index (χ1) is 6.92. The van der Waals surface area contributed by atoms with E-state index in [1.165, 1.54) is 58.2 Å². The third-order valence-corrected chi connectivity index (χ3v) is 3.78. The van der Waals surface area contributed by atoms with Gasteiger partial charge in [0.15, 0.2) is 0 Å². The monoisotopic (exact) mass is 232 g/mol. The van der Waals surface area contributed by atoms with Gasteiger partial charge < -0.3 is 5.32 Å². The van der Waals surface area contributed by atoms with Gasteiger partial charge in [-0.3, -0.25) is 4.90 Å². The van der Waals surface area contributed by atoms with E-state index >= 15 is 0 Å². The molecule has 0 amide bonds. The minimum Gasteiger partial charge on any atom is -0.312 e. The summed E-state index contributed by atoms with van der Waals surface area (Å²) in [6.07, 6.45) is 8.33. The van der Waals surface area contributed by atoms with Gasteiger partial charge in [-0.1, -0.05) is 13.3 Å². The molecule has 0 aromatic carbocycles. The van der Waals surface area contributed by atoms with E-state index in [1.54, 1.807) is 0 Å². The van der Waals surface area contributed by atoms with Crippen molar-refractivity contribution in [2.45, 2.75) is 57.5 Å². The highest BCUT2D eigenvalue weighted by atomic mass is 35.5. The molecule has 2 aliphatic heterocycles. The minimum atomic E-state index is 0. The van der Waals surface area contributed by atoms with Crippen LogP contribution in [0.3, 0.4) is 0 Å². The molecule has 2 atom stereocenters. The molecule has 2 heterocycles. The molecule has 2 rings (SSSR count). The molecule has 0 aromatic rings. The van der Waals surface area contributed by atoms with Crippen LogP contribution in [0.2, 0.25) is 0 Å². The molecule has 0 radical (unpaired) electrons. The van der Waals surface area contributed by atoms with Crippen LogP contribution in [-0.2, 0) is 0 Å². The van der Waals surface area contributed by atoms with Gasteiger partial charge in [0.1, 0.15) is 0 Å². The maximum atomic E-state index is 3.69.